The molecule has 0 amide bonds. The van der Waals surface area contributed by atoms with Gasteiger partial charge in [-0.1, -0.05) is 40.2 Å². The number of halogens is 1. The number of hydrogen-bond acceptors (Lipinski definition) is 5. The van der Waals surface area contributed by atoms with Crippen molar-refractivity contribution in [3.05, 3.63) is 53.2 Å². The molecule has 0 aliphatic heterocycles. The fraction of sp³-hybridized carbons (Fsp3) is 0.188. The van der Waals surface area contributed by atoms with Crippen LogP contribution in [0.4, 0.5) is 0 Å². The Morgan fingerprint density at radius 2 is 2.05 bits per heavy atom. The molecule has 3 aromatic rings. The normalized spacial score (nSPS) is 14.0. The summed E-state index contributed by atoms with van der Waals surface area (Å²) in [5.41, 5.74) is 2.06. The van der Waals surface area contributed by atoms with Crippen LogP contribution in [0.3, 0.4) is 0 Å². The highest BCUT2D eigenvalue weighted by atomic mass is 35.5. The molecule has 0 spiro atoms. The van der Waals surface area contributed by atoms with E-state index in [9.17, 15) is 0 Å². The minimum atomic E-state index is 0.460. The average molecular weight is 330 g/mol. The lowest BCUT2D eigenvalue weighted by atomic mass is 10.1. The van der Waals surface area contributed by atoms with Crippen LogP contribution in [0.2, 0.25) is 5.02 Å². The van der Waals surface area contributed by atoms with Gasteiger partial charge < -0.3 is 4.74 Å². The van der Waals surface area contributed by atoms with E-state index in [2.05, 4.69) is 21.2 Å². The first-order valence-corrected chi connectivity index (χ1v) is 8.21. The van der Waals surface area contributed by atoms with Crippen LogP contribution in [0.1, 0.15) is 24.3 Å². The summed E-state index contributed by atoms with van der Waals surface area (Å²) in [7, 11) is 0. The van der Waals surface area contributed by atoms with E-state index in [0.717, 1.165) is 10.7 Å². The molecule has 110 valence electrons. The number of nitrogens with zero attached hydrogens (tertiary/aromatic N) is 3. The van der Waals surface area contributed by atoms with Gasteiger partial charge in [0.05, 0.1) is 5.02 Å². The monoisotopic (exact) mass is 329 g/mol. The van der Waals surface area contributed by atoms with Gasteiger partial charge in [-0.2, -0.15) is 0 Å². The van der Waals surface area contributed by atoms with Crippen molar-refractivity contribution in [2.45, 2.75) is 18.8 Å². The number of benzene rings is 1. The van der Waals surface area contributed by atoms with E-state index >= 15 is 0 Å². The molecule has 1 saturated carbocycles. The molecule has 0 radical (unpaired) electrons. The van der Waals surface area contributed by atoms with Crippen LogP contribution >= 0.6 is 22.9 Å². The van der Waals surface area contributed by atoms with Crippen molar-refractivity contribution in [3.63, 3.8) is 0 Å². The van der Waals surface area contributed by atoms with Crippen molar-refractivity contribution in [2.24, 2.45) is 0 Å². The molecule has 22 heavy (non-hydrogen) atoms. The maximum absolute atomic E-state index is 6.29. The van der Waals surface area contributed by atoms with Crippen LogP contribution in [0.15, 0.2) is 42.6 Å². The topological polar surface area (TPSA) is 47.9 Å². The van der Waals surface area contributed by atoms with Crippen LogP contribution < -0.4 is 4.74 Å². The zero-order valence-corrected chi connectivity index (χ0v) is 13.1. The second kappa shape index (κ2) is 5.66. The van der Waals surface area contributed by atoms with Crippen molar-refractivity contribution in [1.82, 2.24) is 15.2 Å². The van der Waals surface area contributed by atoms with E-state index in [-0.39, 0.29) is 0 Å². The summed E-state index contributed by atoms with van der Waals surface area (Å²) in [4.78, 5) is 4.25. The summed E-state index contributed by atoms with van der Waals surface area (Å²) in [6.45, 7) is 0. The molecule has 1 aromatic carbocycles. The lowest BCUT2D eigenvalue weighted by Gasteiger charge is -2.05. The van der Waals surface area contributed by atoms with Gasteiger partial charge in [-0.05, 0) is 48.6 Å². The van der Waals surface area contributed by atoms with E-state index in [1.165, 1.54) is 29.7 Å². The Morgan fingerprint density at radius 1 is 1.14 bits per heavy atom. The average Bonchev–Trinajstić information content (AvgIpc) is 3.29. The first kappa shape index (κ1) is 13.7. The van der Waals surface area contributed by atoms with Gasteiger partial charge >= 0.3 is 0 Å². The zero-order chi connectivity index (χ0) is 14.9. The first-order chi connectivity index (χ1) is 10.8. The maximum Gasteiger partial charge on any atom is 0.299 e. The molecule has 4 rings (SSSR count). The third-order valence-corrected chi connectivity index (χ3v) is 4.61. The maximum atomic E-state index is 6.29. The Morgan fingerprint density at radius 3 is 2.77 bits per heavy atom. The Kier molecular flexibility index (Phi) is 3.52. The third-order valence-electron chi connectivity index (χ3n) is 3.49. The Balaban J connectivity index is 1.55. The first-order valence-electron chi connectivity index (χ1n) is 7.02. The quantitative estimate of drug-likeness (QED) is 0.681. The summed E-state index contributed by atoms with van der Waals surface area (Å²) < 4.78 is 5.75. The van der Waals surface area contributed by atoms with Crippen molar-refractivity contribution >= 4 is 22.9 Å². The molecule has 0 unspecified atom stereocenters. The number of hydrogen-bond donors (Lipinski definition) is 0. The third kappa shape index (κ3) is 2.82. The fourth-order valence-corrected chi connectivity index (χ4v) is 3.12. The van der Waals surface area contributed by atoms with Gasteiger partial charge in [0.1, 0.15) is 11.4 Å². The summed E-state index contributed by atoms with van der Waals surface area (Å²) >= 11 is 7.64. The van der Waals surface area contributed by atoms with E-state index in [4.69, 9.17) is 16.3 Å². The molecule has 1 fully saturated rings. The van der Waals surface area contributed by atoms with Gasteiger partial charge in [0, 0.05) is 6.20 Å². The lowest BCUT2D eigenvalue weighted by Crippen LogP contribution is -1.86. The smallest absolute Gasteiger partial charge is 0.299 e. The molecule has 0 atom stereocenters. The van der Waals surface area contributed by atoms with E-state index < -0.39 is 0 Å². The van der Waals surface area contributed by atoms with Crippen molar-refractivity contribution in [2.75, 3.05) is 0 Å². The van der Waals surface area contributed by atoms with Crippen LogP contribution in [0.25, 0.3) is 10.7 Å². The molecule has 2 heterocycles. The molecule has 4 nitrogen and oxygen atoms in total. The number of pyridine rings is 1. The molecular formula is C16H12ClN3OS. The minimum Gasteiger partial charge on any atom is -0.428 e. The number of aromatic nitrogens is 3. The van der Waals surface area contributed by atoms with E-state index in [0.29, 0.717) is 21.9 Å². The second-order valence-corrected chi connectivity index (χ2v) is 6.50. The van der Waals surface area contributed by atoms with Crippen LogP contribution in [0.5, 0.6) is 10.9 Å². The predicted octanol–water partition coefficient (Wildman–Crippen LogP) is 4.92. The number of rotatable bonds is 4. The largest absolute Gasteiger partial charge is 0.428 e. The van der Waals surface area contributed by atoms with Crippen molar-refractivity contribution in [1.29, 1.82) is 0 Å². The van der Waals surface area contributed by atoms with Gasteiger partial charge in [0.25, 0.3) is 5.19 Å². The molecule has 1 aliphatic rings. The molecule has 1 aliphatic carbocycles. The molecule has 0 N–H and O–H groups in total. The van der Waals surface area contributed by atoms with E-state index in [1.807, 2.05) is 30.3 Å². The molecular weight excluding hydrogens is 318 g/mol. The van der Waals surface area contributed by atoms with E-state index in [1.54, 1.807) is 6.20 Å². The highest BCUT2D eigenvalue weighted by Crippen LogP contribution is 2.43. The highest BCUT2D eigenvalue weighted by Gasteiger charge is 2.24. The van der Waals surface area contributed by atoms with Gasteiger partial charge in [-0.3, -0.25) is 4.98 Å². The summed E-state index contributed by atoms with van der Waals surface area (Å²) in [6, 6.07) is 11.6. The van der Waals surface area contributed by atoms with Crippen LogP contribution in [-0.2, 0) is 0 Å². The number of ether oxygens (including phenoxy) is 1. The fourth-order valence-electron chi connectivity index (χ4n) is 2.21. The molecule has 0 bridgehead atoms. The molecule has 2 aromatic heterocycles. The SMILES string of the molecule is Clc1cc(C2CC2)ccc1Oc1nnc(-c2ccccn2)s1. The summed E-state index contributed by atoms with van der Waals surface area (Å²) in [5.74, 6) is 1.28. The van der Waals surface area contributed by atoms with Crippen LogP contribution in [-0.4, -0.2) is 15.2 Å². The lowest BCUT2D eigenvalue weighted by molar-refractivity contribution is 0.473. The standard InChI is InChI=1S/C16H12ClN3OS/c17-12-9-11(10-4-5-10)6-7-14(12)21-16-20-19-15(22-16)13-3-1-2-8-18-13/h1-3,6-10H,4-5H2. The Labute approximate surface area is 136 Å². The Hall–Kier alpha value is -1.98. The minimum absolute atomic E-state index is 0.460. The van der Waals surface area contributed by atoms with Gasteiger partial charge in [-0.15, -0.1) is 5.10 Å². The second-order valence-electron chi connectivity index (χ2n) is 5.15. The van der Waals surface area contributed by atoms with Crippen molar-refractivity contribution in [3.8, 4) is 21.6 Å². The summed E-state index contributed by atoms with van der Waals surface area (Å²) in [6.07, 6.45) is 4.23. The van der Waals surface area contributed by atoms with Crippen LogP contribution in [0, 0.1) is 0 Å². The predicted molar refractivity (Wildman–Crippen MR) is 86.6 cm³/mol. The summed E-state index contributed by atoms with van der Waals surface area (Å²) in [5, 5.41) is 9.95. The van der Waals surface area contributed by atoms with Gasteiger partial charge in [0.15, 0.2) is 5.01 Å². The Bertz CT molecular complexity index is 802. The zero-order valence-electron chi connectivity index (χ0n) is 11.6. The highest BCUT2D eigenvalue weighted by molar-refractivity contribution is 7.16. The van der Waals surface area contributed by atoms with Gasteiger partial charge in [0.2, 0.25) is 0 Å². The van der Waals surface area contributed by atoms with Gasteiger partial charge in [-0.25, -0.2) is 0 Å². The molecule has 6 heteroatoms. The molecule has 0 saturated heterocycles. The van der Waals surface area contributed by atoms with Crippen molar-refractivity contribution < 1.29 is 4.74 Å².